The molecule has 1 unspecified atom stereocenters. The molecule has 20 heavy (non-hydrogen) atoms. The second-order valence-electron chi connectivity index (χ2n) is 5.16. The summed E-state index contributed by atoms with van der Waals surface area (Å²) in [6, 6.07) is 0. The van der Waals surface area contributed by atoms with Crippen LogP contribution in [0.1, 0.15) is 51.9 Å². The molecule has 1 aliphatic heterocycles. The van der Waals surface area contributed by atoms with Gasteiger partial charge in [0.05, 0.1) is 19.3 Å². The van der Waals surface area contributed by atoms with E-state index in [1.165, 1.54) is 32.1 Å². The summed E-state index contributed by atoms with van der Waals surface area (Å²) in [5, 5.41) is 8.84. The number of aliphatic hydroxyl groups excluding tert-OH is 1. The number of hydrogen-bond donors (Lipinski definition) is 1. The third-order valence-electron chi connectivity index (χ3n) is 3.50. The molecule has 1 aliphatic rings. The summed E-state index contributed by atoms with van der Waals surface area (Å²) in [5.74, 6) is 0. The van der Waals surface area contributed by atoms with E-state index in [1.54, 1.807) is 7.11 Å². The van der Waals surface area contributed by atoms with E-state index in [1.807, 2.05) is 6.92 Å². The highest BCUT2D eigenvalue weighted by Crippen LogP contribution is 2.26. The number of ether oxygens (including phenoxy) is 4. The van der Waals surface area contributed by atoms with Crippen molar-refractivity contribution in [2.24, 2.45) is 0 Å². The number of hydrogen-bond acceptors (Lipinski definition) is 5. The second-order valence-corrected chi connectivity index (χ2v) is 5.16. The van der Waals surface area contributed by atoms with Gasteiger partial charge in [0.2, 0.25) is 0 Å². The summed E-state index contributed by atoms with van der Waals surface area (Å²) < 4.78 is 21.0. The lowest BCUT2D eigenvalue weighted by atomic mass is 10.1. The van der Waals surface area contributed by atoms with Crippen molar-refractivity contribution >= 4 is 0 Å². The Morgan fingerprint density at radius 3 is 2.30 bits per heavy atom. The maximum Gasteiger partial charge on any atom is 0.271 e. The minimum absolute atomic E-state index is 0.131. The molecule has 0 saturated carbocycles. The number of aliphatic hydroxyl groups is 1. The van der Waals surface area contributed by atoms with Crippen molar-refractivity contribution in [3.8, 4) is 0 Å². The van der Waals surface area contributed by atoms with Crippen LogP contribution in [0.15, 0.2) is 0 Å². The Morgan fingerprint density at radius 1 is 1.00 bits per heavy atom. The molecule has 5 heteroatoms. The lowest BCUT2D eigenvalue weighted by molar-refractivity contribution is -0.275. The molecule has 0 aromatic rings. The van der Waals surface area contributed by atoms with Crippen molar-refractivity contribution in [1.82, 2.24) is 0 Å². The maximum absolute atomic E-state index is 8.84. The van der Waals surface area contributed by atoms with Crippen LogP contribution in [0.3, 0.4) is 0 Å². The van der Waals surface area contributed by atoms with Gasteiger partial charge in [-0.15, -0.1) is 0 Å². The second kappa shape index (κ2) is 11.5. The van der Waals surface area contributed by atoms with Crippen LogP contribution in [-0.2, 0) is 18.9 Å². The molecule has 120 valence electrons. The molecule has 0 aliphatic carbocycles. The number of epoxide rings is 1. The van der Waals surface area contributed by atoms with E-state index < -0.39 is 6.48 Å². The number of rotatable bonds is 14. The molecule has 3 atom stereocenters. The Labute approximate surface area is 122 Å². The summed E-state index contributed by atoms with van der Waals surface area (Å²) in [5.41, 5.74) is 0. The van der Waals surface area contributed by atoms with Crippen molar-refractivity contribution in [2.45, 2.75) is 70.6 Å². The lowest BCUT2D eigenvalue weighted by Crippen LogP contribution is -2.19. The standard InChI is InChI=1S/C15H30O5/c1-3-18-15(17-2)19-11-9-7-5-4-6-8-10-13-14(12-16)20-13/h13-16H,3-12H2,1-2H3/t13-,14-,15?/m0/s1. The molecule has 0 aromatic carbocycles. The highest BCUT2D eigenvalue weighted by atomic mass is 16.8. The molecule has 1 heterocycles. The third-order valence-corrected chi connectivity index (χ3v) is 3.50. The first-order valence-electron chi connectivity index (χ1n) is 7.84. The topological polar surface area (TPSA) is 60.5 Å². The Kier molecular flexibility index (Phi) is 10.2. The first-order chi connectivity index (χ1) is 9.81. The van der Waals surface area contributed by atoms with Gasteiger partial charge < -0.3 is 24.1 Å². The monoisotopic (exact) mass is 290 g/mol. The van der Waals surface area contributed by atoms with Crippen LogP contribution >= 0.6 is 0 Å². The fourth-order valence-electron chi connectivity index (χ4n) is 2.25. The highest BCUT2D eigenvalue weighted by molar-refractivity contribution is 4.83. The molecule has 5 nitrogen and oxygen atoms in total. The van der Waals surface area contributed by atoms with E-state index in [-0.39, 0.29) is 12.7 Å². The molecule has 1 fully saturated rings. The van der Waals surface area contributed by atoms with Gasteiger partial charge in [0, 0.05) is 13.7 Å². The maximum atomic E-state index is 8.84. The molecule has 0 bridgehead atoms. The van der Waals surface area contributed by atoms with Crippen LogP contribution in [0, 0.1) is 0 Å². The summed E-state index contributed by atoms with van der Waals surface area (Å²) in [6.45, 7) is 2.87. The Bertz CT molecular complexity index is 224. The molecule has 1 saturated heterocycles. The van der Waals surface area contributed by atoms with E-state index in [0.29, 0.717) is 19.3 Å². The normalized spacial score (nSPS) is 22.9. The first-order valence-corrected chi connectivity index (χ1v) is 7.84. The Morgan fingerprint density at radius 2 is 1.70 bits per heavy atom. The third kappa shape index (κ3) is 8.17. The van der Waals surface area contributed by atoms with Gasteiger partial charge in [0.15, 0.2) is 0 Å². The van der Waals surface area contributed by atoms with Crippen LogP contribution in [-0.4, -0.2) is 50.7 Å². The molecule has 1 rings (SSSR count). The van der Waals surface area contributed by atoms with E-state index in [0.717, 1.165) is 12.8 Å². The Hall–Kier alpha value is -0.200. The number of unbranched alkanes of at least 4 members (excludes halogenated alkanes) is 5. The van der Waals surface area contributed by atoms with Crippen LogP contribution < -0.4 is 0 Å². The predicted octanol–water partition coefficient (Wildman–Crippen LogP) is 2.46. The van der Waals surface area contributed by atoms with Crippen molar-refractivity contribution < 1.29 is 24.1 Å². The predicted molar refractivity (Wildman–Crippen MR) is 76.4 cm³/mol. The SMILES string of the molecule is CCOC(OC)OCCCCCCCC[C@@H]1O[C@H]1CO. The van der Waals surface area contributed by atoms with Gasteiger partial charge in [-0.1, -0.05) is 32.1 Å². The lowest BCUT2D eigenvalue weighted by Gasteiger charge is -2.15. The molecule has 0 radical (unpaired) electrons. The van der Waals surface area contributed by atoms with E-state index in [9.17, 15) is 0 Å². The van der Waals surface area contributed by atoms with Gasteiger partial charge in [-0.05, 0) is 19.8 Å². The summed E-state index contributed by atoms with van der Waals surface area (Å²) in [6.07, 6.45) is 8.74. The van der Waals surface area contributed by atoms with Crippen molar-refractivity contribution in [1.29, 1.82) is 0 Å². The van der Waals surface area contributed by atoms with Crippen LogP contribution in [0.5, 0.6) is 0 Å². The van der Waals surface area contributed by atoms with Crippen molar-refractivity contribution in [3.63, 3.8) is 0 Å². The van der Waals surface area contributed by atoms with Crippen LogP contribution in [0.2, 0.25) is 0 Å². The van der Waals surface area contributed by atoms with E-state index in [2.05, 4.69) is 0 Å². The van der Waals surface area contributed by atoms with Gasteiger partial charge in [-0.25, -0.2) is 0 Å². The van der Waals surface area contributed by atoms with Gasteiger partial charge in [-0.2, -0.15) is 0 Å². The minimum Gasteiger partial charge on any atom is -0.394 e. The fourth-order valence-corrected chi connectivity index (χ4v) is 2.25. The van der Waals surface area contributed by atoms with Crippen LogP contribution in [0.4, 0.5) is 0 Å². The zero-order valence-corrected chi connectivity index (χ0v) is 12.9. The largest absolute Gasteiger partial charge is 0.394 e. The van der Waals surface area contributed by atoms with E-state index >= 15 is 0 Å². The Balaban J connectivity index is 1.76. The van der Waals surface area contributed by atoms with Crippen LogP contribution in [0.25, 0.3) is 0 Å². The molecule has 0 amide bonds. The summed E-state index contributed by atoms with van der Waals surface area (Å²) in [4.78, 5) is 0. The molecule has 1 N–H and O–H groups in total. The molecular weight excluding hydrogens is 260 g/mol. The molecule has 0 spiro atoms. The van der Waals surface area contributed by atoms with Gasteiger partial charge in [0.25, 0.3) is 6.48 Å². The summed E-state index contributed by atoms with van der Waals surface area (Å²) in [7, 11) is 1.59. The number of methoxy groups -OCH3 is 1. The van der Waals surface area contributed by atoms with E-state index in [4.69, 9.17) is 24.1 Å². The minimum atomic E-state index is -0.516. The quantitative estimate of drug-likeness (QED) is 0.302. The highest BCUT2D eigenvalue weighted by Gasteiger charge is 2.36. The van der Waals surface area contributed by atoms with Gasteiger partial charge in [0.1, 0.15) is 6.10 Å². The first kappa shape index (κ1) is 17.9. The average Bonchev–Trinajstić information content (AvgIpc) is 3.23. The molecule has 0 aromatic heterocycles. The van der Waals surface area contributed by atoms with Crippen molar-refractivity contribution in [3.05, 3.63) is 0 Å². The van der Waals surface area contributed by atoms with Crippen molar-refractivity contribution in [2.75, 3.05) is 26.9 Å². The molecular formula is C15H30O5. The smallest absolute Gasteiger partial charge is 0.271 e. The van der Waals surface area contributed by atoms with Gasteiger partial charge in [-0.3, -0.25) is 0 Å². The summed E-state index contributed by atoms with van der Waals surface area (Å²) >= 11 is 0. The zero-order valence-electron chi connectivity index (χ0n) is 12.9. The van der Waals surface area contributed by atoms with Gasteiger partial charge >= 0.3 is 0 Å². The fraction of sp³-hybridized carbons (Fsp3) is 1.00. The average molecular weight is 290 g/mol. The zero-order chi connectivity index (χ0) is 14.6.